The molecule has 2 atom stereocenters. The van der Waals surface area contributed by atoms with Gasteiger partial charge in [-0.1, -0.05) is 6.92 Å². The Labute approximate surface area is 94.4 Å². The molecule has 3 heteroatoms. The molecule has 2 heterocycles. The maximum atomic E-state index is 13.0. The van der Waals surface area contributed by atoms with Crippen LogP contribution in [-0.2, 0) is 11.2 Å². The van der Waals surface area contributed by atoms with Gasteiger partial charge in [0, 0.05) is 0 Å². The number of halogens is 1. The monoisotopic (exact) mass is 222 g/mol. The molecular formula is C13H15FO2. The Kier molecular flexibility index (Phi) is 2.18. The highest BCUT2D eigenvalue weighted by atomic mass is 19.1. The Hall–Kier alpha value is -1.09. The molecule has 2 aliphatic heterocycles. The van der Waals surface area contributed by atoms with E-state index in [1.807, 2.05) is 0 Å². The molecule has 2 nitrogen and oxygen atoms in total. The molecular weight excluding hydrogens is 207 g/mol. The van der Waals surface area contributed by atoms with Crippen molar-refractivity contribution in [2.75, 3.05) is 6.61 Å². The molecule has 0 radical (unpaired) electrons. The number of ether oxygens (including phenoxy) is 2. The van der Waals surface area contributed by atoms with Crippen LogP contribution in [-0.4, -0.2) is 18.3 Å². The van der Waals surface area contributed by atoms with Crippen LogP contribution in [0, 0.1) is 5.82 Å². The summed E-state index contributed by atoms with van der Waals surface area (Å²) >= 11 is 0. The molecule has 0 saturated carbocycles. The average Bonchev–Trinajstić information content (AvgIpc) is 3.09. The van der Waals surface area contributed by atoms with Gasteiger partial charge in [-0.15, -0.1) is 0 Å². The second-order valence-corrected chi connectivity index (χ2v) is 4.60. The fraction of sp³-hybridized carbons (Fsp3) is 0.538. The van der Waals surface area contributed by atoms with E-state index >= 15 is 0 Å². The van der Waals surface area contributed by atoms with E-state index in [0.29, 0.717) is 0 Å². The van der Waals surface area contributed by atoms with E-state index in [1.165, 1.54) is 6.07 Å². The smallest absolute Gasteiger partial charge is 0.130 e. The first-order valence-corrected chi connectivity index (χ1v) is 5.82. The van der Waals surface area contributed by atoms with Gasteiger partial charge in [0.05, 0.1) is 6.61 Å². The van der Waals surface area contributed by atoms with Crippen LogP contribution in [0.5, 0.6) is 5.75 Å². The largest absolute Gasteiger partial charge is 0.487 e. The summed E-state index contributed by atoms with van der Waals surface area (Å²) in [5.74, 6) is 0.634. The topological polar surface area (TPSA) is 21.8 Å². The Morgan fingerprint density at radius 1 is 1.50 bits per heavy atom. The second-order valence-electron chi connectivity index (χ2n) is 4.60. The molecule has 1 saturated heterocycles. The van der Waals surface area contributed by atoms with Crippen LogP contribution in [0.4, 0.5) is 4.39 Å². The fourth-order valence-electron chi connectivity index (χ4n) is 2.44. The van der Waals surface area contributed by atoms with E-state index in [0.717, 1.165) is 37.2 Å². The Bertz CT molecular complexity index is 412. The van der Waals surface area contributed by atoms with Gasteiger partial charge in [0.2, 0.25) is 0 Å². The summed E-state index contributed by atoms with van der Waals surface area (Å²) in [7, 11) is 0. The van der Waals surface area contributed by atoms with Crippen molar-refractivity contribution >= 4 is 0 Å². The summed E-state index contributed by atoms with van der Waals surface area (Å²) in [5.41, 5.74) is 0.912. The van der Waals surface area contributed by atoms with Gasteiger partial charge in [0.1, 0.15) is 23.3 Å². The first kappa shape index (κ1) is 10.1. The molecule has 0 amide bonds. The number of hydrogen-bond donors (Lipinski definition) is 0. The minimum atomic E-state index is -0.186. The van der Waals surface area contributed by atoms with Crippen LogP contribution in [0.2, 0.25) is 0 Å². The van der Waals surface area contributed by atoms with Crippen molar-refractivity contribution in [1.82, 2.24) is 0 Å². The molecule has 16 heavy (non-hydrogen) atoms. The Morgan fingerprint density at radius 3 is 3.00 bits per heavy atom. The molecule has 1 fully saturated rings. The van der Waals surface area contributed by atoms with Gasteiger partial charge < -0.3 is 9.47 Å². The lowest BCUT2D eigenvalue weighted by molar-refractivity contribution is 0.0755. The van der Waals surface area contributed by atoms with Crippen molar-refractivity contribution in [3.05, 3.63) is 29.6 Å². The third-order valence-electron chi connectivity index (χ3n) is 3.67. The lowest BCUT2D eigenvalue weighted by Crippen LogP contribution is -2.37. The summed E-state index contributed by atoms with van der Waals surface area (Å²) in [5, 5.41) is 0. The molecule has 86 valence electrons. The maximum Gasteiger partial charge on any atom is 0.130 e. The number of hydrogen-bond acceptors (Lipinski definition) is 2. The molecule has 2 unspecified atom stereocenters. The predicted molar refractivity (Wildman–Crippen MR) is 58.1 cm³/mol. The van der Waals surface area contributed by atoms with Gasteiger partial charge in [-0.2, -0.15) is 0 Å². The summed E-state index contributed by atoms with van der Waals surface area (Å²) in [6, 6.07) is 4.74. The molecule has 3 rings (SSSR count). The fourth-order valence-corrected chi connectivity index (χ4v) is 2.44. The van der Waals surface area contributed by atoms with Crippen molar-refractivity contribution in [2.45, 2.75) is 37.9 Å². The Morgan fingerprint density at radius 2 is 2.31 bits per heavy atom. The van der Waals surface area contributed by atoms with Crippen LogP contribution in [0.25, 0.3) is 0 Å². The minimum Gasteiger partial charge on any atom is -0.487 e. The number of benzene rings is 1. The second kappa shape index (κ2) is 3.45. The normalized spacial score (nSPS) is 31.8. The van der Waals surface area contributed by atoms with Crippen molar-refractivity contribution in [2.24, 2.45) is 0 Å². The van der Waals surface area contributed by atoms with Crippen LogP contribution < -0.4 is 4.74 Å². The highest BCUT2D eigenvalue weighted by Crippen LogP contribution is 2.41. The number of epoxide rings is 1. The highest BCUT2D eigenvalue weighted by molar-refractivity contribution is 5.36. The number of aryl methyl sites for hydroxylation is 1. The minimum absolute atomic E-state index is 0.0634. The zero-order valence-electron chi connectivity index (χ0n) is 9.33. The van der Waals surface area contributed by atoms with Crippen LogP contribution in [0.3, 0.4) is 0 Å². The maximum absolute atomic E-state index is 13.0. The molecule has 1 aromatic rings. The van der Waals surface area contributed by atoms with Crippen molar-refractivity contribution < 1.29 is 13.9 Å². The highest BCUT2D eigenvalue weighted by Gasteiger charge is 2.52. The predicted octanol–water partition coefficient (Wildman–Crippen LogP) is 2.70. The lowest BCUT2D eigenvalue weighted by Gasteiger charge is -2.29. The molecule has 0 spiro atoms. The van der Waals surface area contributed by atoms with Gasteiger partial charge in [-0.3, -0.25) is 0 Å². The lowest BCUT2D eigenvalue weighted by atomic mass is 9.92. The van der Waals surface area contributed by atoms with E-state index in [9.17, 15) is 4.39 Å². The number of fused-ring (bicyclic) bond motifs is 1. The number of rotatable bonds is 2. The summed E-state index contributed by atoms with van der Waals surface area (Å²) in [6.45, 7) is 2.92. The third-order valence-corrected chi connectivity index (χ3v) is 3.67. The molecule has 0 N–H and O–H groups in total. The van der Waals surface area contributed by atoms with Gasteiger partial charge in [0.15, 0.2) is 0 Å². The molecule has 2 aliphatic rings. The van der Waals surface area contributed by atoms with Crippen molar-refractivity contribution in [3.63, 3.8) is 0 Å². The average molecular weight is 222 g/mol. The molecule has 0 aromatic heterocycles. The summed E-state index contributed by atoms with van der Waals surface area (Å²) in [4.78, 5) is 0. The van der Waals surface area contributed by atoms with E-state index in [4.69, 9.17) is 9.47 Å². The molecule has 0 aliphatic carbocycles. The van der Waals surface area contributed by atoms with E-state index in [2.05, 4.69) is 6.92 Å². The first-order valence-electron chi connectivity index (χ1n) is 5.82. The van der Waals surface area contributed by atoms with Crippen LogP contribution >= 0.6 is 0 Å². The standard InChI is InChI=1S/C13H15FO2/c1-2-13(8-15-13)12-6-3-9-7-10(14)4-5-11(9)16-12/h4-5,7,12H,2-3,6,8H2,1H3. The van der Waals surface area contributed by atoms with E-state index in [1.54, 1.807) is 12.1 Å². The van der Waals surface area contributed by atoms with Gasteiger partial charge >= 0.3 is 0 Å². The van der Waals surface area contributed by atoms with Crippen molar-refractivity contribution in [3.8, 4) is 5.75 Å². The van der Waals surface area contributed by atoms with Gasteiger partial charge in [-0.05, 0) is 43.0 Å². The Balaban J connectivity index is 1.84. The first-order chi connectivity index (χ1) is 7.73. The van der Waals surface area contributed by atoms with Crippen molar-refractivity contribution in [1.29, 1.82) is 0 Å². The zero-order chi connectivity index (χ0) is 11.2. The SMILES string of the molecule is CCC1(C2CCc3cc(F)ccc3O2)CO1. The summed E-state index contributed by atoms with van der Waals surface area (Å²) < 4.78 is 24.5. The van der Waals surface area contributed by atoms with E-state index in [-0.39, 0.29) is 17.5 Å². The molecule has 0 bridgehead atoms. The van der Waals surface area contributed by atoms with Gasteiger partial charge in [0.25, 0.3) is 0 Å². The summed E-state index contributed by atoms with van der Waals surface area (Å²) in [6.07, 6.45) is 2.91. The van der Waals surface area contributed by atoms with Crippen LogP contribution in [0.15, 0.2) is 18.2 Å². The molecule has 1 aromatic carbocycles. The quantitative estimate of drug-likeness (QED) is 0.718. The van der Waals surface area contributed by atoms with Crippen LogP contribution in [0.1, 0.15) is 25.3 Å². The van der Waals surface area contributed by atoms with E-state index < -0.39 is 0 Å². The zero-order valence-corrected chi connectivity index (χ0v) is 9.33. The van der Waals surface area contributed by atoms with Gasteiger partial charge in [-0.25, -0.2) is 4.39 Å². The third kappa shape index (κ3) is 1.50.